The lowest BCUT2D eigenvalue weighted by Gasteiger charge is -2.31. The van der Waals surface area contributed by atoms with E-state index < -0.39 is 0 Å². The van der Waals surface area contributed by atoms with Crippen LogP contribution in [0.4, 0.5) is 10.3 Å². The predicted octanol–water partition coefficient (Wildman–Crippen LogP) is 2.96. The van der Waals surface area contributed by atoms with Crippen molar-refractivity contribution >= 4 is 49.3 Å². The predicted molar refractivity (Wildman–Crippen MR) is 112 cm³/mol. The molecule has 0 unspecified atom stereocenters. The van der Waals surface area contributed by atoms with Crippen molar-refractivity contribution in [1.29, 1.82) is 0 Å². The molecule has 0 aliphatic carbocycles. The van der Waals surface area contributed by atoms with Crippen LogP contribution in [-0.2, 0) is 16.1 Å². The van der Waals surface area contributed by atoms with Gasteiger partial charge in [0, 0.05) is 37.1 Å². The molecule has 2 fully saturated rings. The molecule has 0 spiro atoms. The third-order valence-corrected chi connectivity index (χ3v) is 6.63. The van der Waals surface area contributed by atoms with Crippen molar-refractivity contribution in [3.8, 4) is 0 Å². The van der Waals surface area contributed by atoms with Crippen LogP contribution in [0.2, 0.25) is 0 Å². The monoisotopic (exact) mass is 463 g/mol. The second-order valence-electron chi connectivity index (χ2n) is 7.15. The van der Waals surface area contributed by atoms with Crippen LogP contribution < -0.4 is 15.1 Å². The van der Waals surface area contributed by atoms with Crippen LogP contribution in [-0.4, -0.2) is 41.6 Å². The first-order valence-corrected chi connectivity index (χ1v) is 11.1. The van der Waals surface area contributed by atoms with E-state index in [9.17, 15) is 9.59 Å². The standard InChI is InChI=1S/C19H22BrN5O2S/c20-15-6-1-4-13(10-15)11-21-17(27)14-5-2-8-24(12-14)18-22-23-19(28-18)25-9-3-7-16(25)26/h1,4,6,10,14H,2-3,5,7-9,11-12H2,(H,21,27)/t14-/m1/s1. The van der Waals surface area contributed by atoms with Gasteiger partial charge < -0.3 is 10.2 Å². The van der Waals surface area contributed by atoms with Gasteiger partial charge in [-0.1, -0.05) is 39.4 Å². The highest BCUT2D eigenvalue weighted by Gasteiger charge is 2.29. The summed E-state index contributed by atoms with van der Waals surface area (Å²) in [7, 11) is 0. The summed E-state index contributed by atoms with van der Waals surface area (Å²) in [6.07, 6.45) is 3.26. The first-order valence-electron chi connectivity index (χ1n) is 9.51. The van der Waals surface area contributed by atoms with Gasteiger partial charge in [0.05, 0.1) is 5.92 Å². The number of amides is 2. The van der Waals surface area contributed by atoms with Crippen LogP contribution in [0.1, 0.15) is 31.2 Å². The van der Waals surface area contributed by atoms with Crippen molar-refractivity contribution < 1.29 is 9.59 Å². The number of carbonyl (C=O) groups excluding carboxylic acids is 2. The van der Waals surface area contributed by atoms with Gasteiger partial charge in [-0.05, 0) is 37.0 Å². The number of hydrogen-bond donors (Lipinski definition) is 1. The summed E-state index contributed by atoms with van der Waals surface area (Å²) in [6, 6.07) is 7.94. The Morgan fingerprint density at radius 1 is 1.25 bits per heavy atom. The summed E-state index contributed by atoms with van der Waals surface area (Å²) in [6.45, 7) is 2.73. The Morgan fingerprint density at radius 2 is 2.11 bits per heavy atom. The molecule has 2 saturated heterocycles. The summed E-state index contributed by atoms with van der Waals surface area (Å²) in [4.78, 5) is 28.4. The molecule has 2 aliphatic heterocycles. The number of halogens is 1. The lowest BCUT2D eigenvalue weighted by molar-refractivity contribution is -0.125. The van der Waals surface area contributed by atoms with Gasteiger partial charge >= 0.3 is 0 Å². The molecule has 28 heavy (non-hydrogen) atoms. The van der Waals surface area contributed by atoms with E-state index in [4.69, 9.17) is 0 Å². The Labute approximate surface area is 176 Å². The molecule has 7 nitrogen and oxygen atoms in total. The van der Waals surface area contributed by atoms with E-state index in [1.54, 1.807) is 4.90 Å². The first kappa shape index (κ1) is 19.3. The molecule has 2 aromatic rings. The molecule has 0 radical (unpaired) electrons. The average molecular weight is 464 g/mol. The van der Waals surface area contributed by atoms with Gasteiger partial charge in [0.25, 0.3) is 0 Å². The zero-order valence-electron chi connectivity index (χ0n) is 15.4. The van der Waals surface area contributed by atoms with Gasteiger partial charge in [0.1, 0.15) is 0 Å². The zero-order valence-corrected chi connectivity index (χ0v) is 17.8. The fourth-order valence-corrected chi connectivity index (χ4v) is 5.01. The maximum Gasteiger partial charge on any atom is 0.228 e. The summed E-state index contributed by atoms with van der Waals surface area (Å²) in [5.41, 5.74) is 1.07. The van der Waals surface area contributed by atoms with E-state index in [0.29, 0.717) is 31.2 Å². The van der Waals surface area contributed by atoms with E-state index in [1.807, 2.05) is 24.3 Å². The molecule has 1 atom stereocenters. The maximum absolute atomic E-state index is 12.7. The highest BCUT2D eigenvalue weighted by atomic mass is 79.9. The van der Waals surface area contributed by atoms with Crippen molar-refractivity contribution in [3.05, 3.63) is 34.3 Å². The van der Waals surface area contributed by atoms with Crippen molar-refractivity contribution in [2.24, 2.45) is 5.92 Å². The maximum atomic E-state index is 12.7. The molecule has 4 rings (SSSR count). The number of nitrogens with zero attached hydrogens (tertiary/aromatic N) is 4. The second-order valence-corrected chi connectivity index (χ2v) is 9.00. The van der Waals surface area contributed by atoms with E-state index in [1.165, 1.54) is 11.3 Å². The number of anilines is 2. The fourth-order valence-electron chi connectivity index (χ4n) is 3.64. The summed E-state index contributed by atoms with van der Waals surface area (Å²) in [5.74, 6) is 0.122. The van der Waals surface area contributed by atoms with Gasteiger partial charge in [0.15, 0.2) is 0 Å². The van der Waals surface area contributed by atoms with E-state index in [-0.39, 0.29) is 17.7 Å². The molecule has 1 N–H and O–H groups in total. The van der Waals surface area contributed by atoms with Gasteiger partial charge in [-0.3, -0.25) is 14.5 Å². The molecule has 2 aliphatic rings. The molecule has 9 heteroatoms. The van der Waals surface area contributed by atoms with Crippen LogP contribution in [0.25, 0.3) is 0 Å². The highest BCUT2D eigenvalue weighted by molar-refractivity contribution is 9.10. The molecule has 0 bridgehead atoms. The van der Waals surface area contributed by atoms with Gasteiger partial charge in [-0.2, -0.15) is 0 Å². The van der Waals surface area contributed by atoms with Crippen LogP contribution in [0.3, 0.4) is 0 Å². The van der Waals surface area contributed by atoms with Gasteiger partial charge in [-0.15, -0.1) is 10.2 Å². The summed E-state index contributed by atoms with van der Waals surface area (Å²) in [5, 5.41) is 13.0. The van der Waals surface area contributed by atoms with Gasteiger partial charge in [-0.25, -0.2) is 0 Å². The third-order valence-electron chi connectivity index (χ3n) is 5.13. The minimum atomic E-state index is -0.0679. The molecule has 0 saturated carbocycles. The zero-order chi connectivity index (χ0) is 19.5. The average Bonchev–Trinajstić information content (AvgIpc) is 3.35. The van der Waals surface area contributed by atoms with E-state index in [2.05, 4.69) is 36.3 Å². The van der Waals surface area contributed by atoms with Crippen LogP contribution in [0.5, 0.6) is 0 Å². The lowest BCUT2D eigenvalue weighted by Crippen LogP contribution is -2.43. The molecule has 148 valence electrons. The van der Waals surface area contributed by atoms with Crippen LogP contribution in [0.15, 0.2) is 28.7 Å². The van der Waals surface area contributed by atoms with Crippen molar-refractivity contribution in [3.63, 3.8) is 0 Å². The number of benzene rings is 1. The van der Waals surface area contributed by atoms with Crippen molar-refractivity contribution in [2.45, 2.75) is 32.2 Å². The van der Waals surface area contributed by atoms with Crippen molar-refractivity contribution in [1.82, 2.24) is 15.5 Å². The SMILES string of the molecule is O=C(NCc1cccc(Br)c1)[C@@H]1CCCN(c2nnc(N3CCCC3=O)s2)C1. The van der Waals surface area contributed by atoms with Crippen LogP contribution >= 0.6 is 27.3 Å². The number of hydrogen-bond acceptors (Lipinski definition) is 6. The Bertz CT molecular complexity index is 874. The number of nitrogens with one attached hydrogen (secondary N) is 1. The Kier molecular flexibility index (Phi) is 5.91. The minimum Gasteiger partial charge on any atom is -0.352 e. The Balaban J connectivity index is 1.35. The first-order chi connectivity index (χ1) is 13.6. The molecule has 1 aromatic heterocycles. The summed E-state index contributed by atoms with van der Waals surface area (Å²) >= 11 is 4.89. The molecule has 2 amide bonds. The Hall–Kier alpha value is -2.00. The lowest BCUT2D eigenvalue weighted by atomic mass is 9.97. The highest BCUT2D eigenvalue weighted by Crippen LogP contribution is 2.32. The third kappa shape index (κ3) is 4.35. The molecule has 3 heterocycles. The van der Waals surface area contributed by atoms with Gasteiger partial charge in [0.2, 0.25) is 22.1 Å². The quantitative estimate of drug-likeness (QED) is 0.737. The number of piperidine rings is 1. The fraction of sp³-hybridized carbons (Fsp3) is 0.474. The van der Waals surface area contributed by atoms with E-state index in [0.717, 1.165) is 41.0 Å². The smallest absolute Gasteiger partial charge is 0.228 e. The van der Waals surface area contributed by atoms with E-state index >= 15 is 0 Å². The normalized spacial score (nSPS) is 19.9. The van der Waals surface area contributed by atoms with Crippen molar-refractivity contribution in [2.75, 3.05) is 29.4 Å². The number of aromatic nitrogens is 2. The molecular formula is C19H22BrN5O2S. The van der Waals surface area contributed by atoms with Crippen LogP contribution in [0, 0.1) is 5.92 Å². The number of carbonyl (C=O) groups is 2. The molecule has 1 aromatic carbocycles. The largest absolute Gasteiger partial charge is 0.352 e. The second kappa shape index (κ2) is 8.57. The number of rotatable bonds is 5. The minimum absolute atomic E-state index is 0.0679. The Morgan fingerprint density at radius 3 is 2.89 bits per heavy atom. The molecular weight excluding hydrogens is 442 g/mol. The summed E-state index contributed by atoms with van der Waals surface area (Å²) < 4.78 is 1.01. The topological polar surface area (TPSA) is 78.4 Å².